The minimum Gasteiger partial charge on any atom is -0.295 e. The van der Waals surface area contributed by atoms with Crippen LogP contribution < -0.4 is 5.84 Å². The van der Waals surface area contributed by atoms with Crippen molar-refractivity contribution in [1.29, 1.82) is 0 Å². The average Bonchev–Trinajstić information content (AvgIpc) is 2.24. The predicted octanol–water partition coefficient (Wildman–Crippen LogP) is 0.955. The Bertz CT molecular complexity index is 179. The third kappa shape index (κ3) is 2.10. The van der Waals surface area contributed by atoms with Gasteiger partial charge in [-0.3, -0.25) is 4.90 Å². The van der Waals surface area contributed by atoms with Crippen LogP contribution in [0, 0.1) is 0 Å². The molecule has 0 bridgehead atoms. The summed E-state index contributed by atoms with van der Waals surface area (Å²) in [6.45, 7) is 4.66. The molecular formula is C11H24N3+. The summed E-state index contributed by atoms with van der Waals surface area (Å²) in [5.74, 6) is 6.51. The second-order valence-corrected chi connectivity index (χ2v) is 5.15. The fourth-order valence-electron chi connectivity index (χ4n) is 2.90. The van der Waals surface area contributed by atoms with E-state index in [0.717, 1.165) is 23.7 Å². The SMILES string of the molecule is CN1CC[N+](N)(C2CCCCC2)CC1. The molecule has 2 aliphatic rings. The molecule has 0 aromatic carbocycles. The zero-order valence-corrected chi connectivity index (χ0v) is 9.41. The Labute approximate surface area is 87.4 Å². The molecule has 2 fully saturated rings. The molecule has 0 radical (unpaired) electrons. The topological polar surface area (TPSA) is 29.3 Å². The van der Waals surface area contributed by atoms with E-state index in [4.69, 9.17) is 5.84 Å². The largest absolute Gasteiger partial charge is 0.295 e. The first-order valence-corrected chi connectivity index (χ1v) is 6.05. The highest BCUT2D eigenvalue weighted by Crippen LogP contribution is 2.26. The van der Waals surface area contributed by atoms with Gasteiger partial charge in [0.25, 0.3) is 0 Å². The minimum atomic E-state index is 0.762. The lowest BCUT2D eigenvalue weighted by Crippen LogP contribution is -2.68. The van der Waals surface area contributed by atoms with Crippen molar-refractivity contribution in [3.63, 3.8) is 0 Å². The van der Waals surface area contributed by atoms with Crippen molar-refractivity contribution in [3.05, 3.63) is 0 Å². The Kier molecular flexibility index (Phi) is 3.10. The monoisotopic (exact) mass is 198 g/mol. The maximum Gasteiger partial charge on any atom is 0.109 e. The van der Waals surface area contributed by atoms with E-state index < -0.39 is 0 Å². The van der Waals surface area contributed by atoms with Gasteiger partial charge >= 0.3 is 0 Å². The van der Waals surface area contributed by atoms with Crippen LogP contribution in [0.2, 0.25) is 0 Å². The fourth-order valence-corrected chi connectivity index (χ4v) is 2.90. The van der Waals surface area contributed by atoms with Crippen molar-refractivity contribution in [2.45, 2.75) is 38.1 Å². The quantitative estimate of drug-likeness (QED) is 0.502. The molecular weight excluding hydrogens is 174 g/mol. The molecule has 0 atom stereocenters. The van der Waals surface area contributed by atoms with Crippen molar-refractivity contribution in [2.24, 2.45) is 5.84 Å². The summed E-state index contributed by atoms with van der Waals surface area (Å²) in [6.07, 6.45) is 6.95. The van der Waals surface area contributed by atoms with Crippen molar-refractivity contribution >= 4 is 0 Å². The molecule has 1 aliphatic heterocycles. The molecule has 0 unspecified atom stereocenters. The standard InChI is InChI=1S/C11H24N3/c1-13-7-9-14(12,10-8-13)11-5-3-2-4-6-11/h11H,2-10,12H2,1H3/q+1. The molecule has 1 heterocycles. The third-order valence-corrected chi connectivity index (χ3v) is 4.10. The van der Waals surface area contributed by atoms with Crippen molar-refractivity contribution in [3.8, 4) is 0 Å². The van der Waals surface area contributed by atoms with Crippen LogP contribution >= 0.6 is 0 Å². The number of rotatable bonds is 1. The van der Waals surface area contributed by atoms with Crippen LogP contribution in [0.25, 0.3) is 0 Å². The molecule has 0 aromatic rings. The van der Waals surface area contributed by atoms with E-state index in [1.807, 2.05) is 0 Å². The molecule has 1 saturated carbocycles. The van der Waals surface area contributed by atoms with E-state index in [1.54, 1.807) is 0 Å². The predicted molar refractivity (Wildman–Crippen MR) is 58.6 cm³/mol. The zero-order valence-electron chi connectivity index (χ0n) is 9.41. The number of nitrogens with zero attached hydrogens (tertiary/aromatic N) is 2. The summed E-state index contributed by atoms with van der Waals surface area (Å²) in [7, 11) is 2.20. The summed E-state index contributed by atoms with van der Waals surface area (Å²) in [6, 6.07) is 0.762. The van der Waals surface area contributed by atoms with Gasteiger partial charge in [-0.05, 0) is 19.9 Å². The molecule has 1 saturated heterocycles. The summed E-state index contributed by atoms with van der Waals surface area (Å²) in [4.78, 5) is 2.40. The highest BCUT2D eigenvalue weighted by atomic mass is 15.6. The van der Waals surface area contributed by atoms with Gasteiger partial charge in [0.2, 0.25) is 0 Å². The lowest BCUT2D eigenvalue weighted by molar-refractivity contribution is -0.967. The maximum atomic E-state index is 6.51. The van der Waals surface area contributed by atoms with Gasteiger partial charge in [-0.25, -0.2) is 4.59 Å². The first-order chi connectivity index (χ1) is 6.71. The Hall–Kier alpha value is -0.120. The lowest BCUT2D eigenvalue weighted by Gasteiger charge is -2.46. The minimum absolute atomic E-state index is 0.762. The maximum absolute atomic E-state index is 6.51. The molecule has 2 rings (SSSR count). The molecule has 2 N–H and O–H groups in total. The molecule has 3 nitrogen and oxygen atoms in total. The van der Waals surface area contributed by atoms with Crippen LogP contribution in [0.1, 0.15) is 32.1 Å². The fraction of sp³-hybridized carbons (Fsp3) is 1.00. The van der Waals surface area contributed by atoms with Gasteiger partial charge in [0.1, 0.15) is 19.1 Å². The summed E-state index contributed by atoms with van der Waals surface area (Å²) >= 11 is 0. The average molecular weight is 198 g/mol. The highest BCUT2D eigenvalue weighted by molar-refractivity contribution is 4.69. The molecule has 1 aliphatic carbocycles. The zero-order chi connectivity index (χ0) is 10.0. The second-order valence-electron chi connectivity index (χ2n) is 5.15. The van der Waals surface area contributed by atoms with Crippen LogP contribution in [0.5, 0.6) is 0 Å². The van der Waals surface area contributed by atoms with E-state index in [1.165, 1.54) is 45.2 Å². The summed E-state index contributed by atoms with van der Waals surface area (Å²) < 4.78 is 0.865. The number of likely N-dealkylation sites (N-methyl/N-ethyl adjacent to an activating group) is 1. The van der Waals surface area contributed by atoms with Crippen molar-refractivity contribution in [2.75, 3.05) is 33.2 Å². The Morgan fingerprint density at radius 1 is 1.07 bits per heavy atom. The van der Waals surface area contributed by atoms with Gasteiger partial charge in [0.05, 0.1) is 0 Å². The molecule has 14 heavy (non-hydrogen) atoms. The van der Waals surface area contributed by atoms with Crippen LogP contribution in [0.4, 0.5) is 0 Å². The second kappa shape index (κ2) is 4.17. The van der Waals surface area contributed by atoms with Crippen LogP contribution in [0.15, 0.2) is 0 Å². The molecule has 3 heteroatoms. The summed E-state index contributed by atoms with van der Waals surface area (Å²) in [5.41, 5.74) is 0. The Morgan fingerprint density at radius 2 is 1.64 bits per heavy atom. The number of hydrogen-bond donors (Lipinski definition) is 1. The Balaban J connectivity index is 1.93. The highest BCUT2D eigenvalue weighted by Gasteiger charge is 2.37. The van der Waals surface area contributed by atoms with Crippen LogP contribution in [-0.4, -0.2) is 48.8 Å². The van der Waals surface area contributed by atoms with E-state index in [0.29, 0.717) is 0 Å². The van der Waals surface area contributed by atoms with E-state index in [-0.39, 0.29) is 0 Å². The number of quaternary nitrogens is 1. The van der Waals surface area contributed by atoms with Crippen LogP contribution in [-0.2, 0) is 0 Å². The van der Waals surface area contributed by atoms with Crippen molar-refractivity contribution < 1.29 is 4.59 Å². The van der Waals surface area contributed by atoms with E-state index >= 15 is 0 Å². The van der Waals surface area contributed by atoms with Gasteiger partial charge in [-0.2, -0.15) is 5.84 Å². The van der Waals surface area contributed by atoms with E-state index in [2.05, 4.69) is 11.9 Å². The smallest absolute Gasteiger partial charge is 0.109 e. The first-order valence-electron chi connectivity index (χ1n) is 6.05. The normalized spacial score (nSPS) is 30.4. The van der Waals surface area contributed by atoms with E-state index in [9.17, 15) is 0 Å². The Morgan fingerprint density at radius 3 is 2.21 bits per heavy atom. The third-order valence-electron chi connectivity index (χ3n) is 4.10. The molecule has 0 spiro atoms. The van der Waals surface area contributed by atoms with Crippen molar-refractivity contribution in [1.82, 2.24) is 4.90 Å². The summed E-state index contributed by atoms with van der Waals surface area (Å²) in [5, 5.41) is 0. The first kappa shape index (κ1) is 10.4. The molecule has 82 valence electrons. The van der Waals surface area contributed by atoms with Gasteiger partial charge < -0.3 is 0 Å². The number of piperazine rings is 1. The number of hydrogen-bond acceptors (Lipinski definition) is 2. The van der Waals surface area contributed by atoms with Gasteiger partial charge in [-0.1, -0.05) is 6.42 Å². The lowest BCUT2D eigenvalue weighted by atomic mass is 9.93. The van der Waals surface area contributed by atoms with Gasteiger partial charge in [0, 0.05) is 25.9 Å². The van der Waals surface area contributed by atoms with Gasteiger partial charge in [-0.15, -0.1) is 0 Å². The molecule has 0 aromatic heterocycles. The molecule has 0 amide bonds. The van der Waals surface area contributed by atoms with Gasteiger partial charge in [0.15, 0.2) is 0 Å². The van der Waals surface area contributed by atoms with Crippen LogP contribution in [0.3, 0.4) is 0 Å². The number of nitrogens with two attached hydrogens (primary N) is 1.